The summed E-state index contributed by atoms with van der Waals surface area (Å²) in [4.78, 5) is 13.9. The van der Waals surface area contributed by atoms with Crippen LogP contribution in [-0.4, -0.2) is 25.5 Å². The molecule has 2 aromatic rings. The number of benzene rings is 1. The van der Waals surface area contributed by atoms with Gasteiger partial charge in [0.2, 0.25) is 5.91 Å². The molecule has 1 aromatic heterocycles. The average Bonchev–Trinajstić information content (AvgIpc) is 3.14. The van der Waals surface area contributed by atoms with E-state index in [-0.39, 0.29) is 18.4 Å². The molecule has 2 heterocycles. The maximum atomic E-state index is 12.4. The summed E-state index contributed by atoms with van der Waals surface area (Å²) in [5.41, 5.74) is 0.670. The van der Waals surface area contributed by atoms with Crippen molar-refractivity contribution >= 4 is 29.1 Å². The first-order chi connectivity index (χ1) is 12.1. The Labute approximate surface area is 158 Å². The van der Waals surface area contributed by atoms with Gasteiger partial charge in [0.15, 0.2) is 11.8 Å². The minimum Gasteiger partial charge on any atom is -0.463 e. The van der Waals surface area contributed by atoms with Crippen LogP contribution in [0.15, 0.2) is 41.0 Å². The Balaban J connectivity index is 1.63. The Morgan fingerprint density at radius 3 is 2.48 bits per heavy atom. The predicted octanol–water partition coefficient (Wildman–Crippen LogP) is 3.06. The molecule has 0 bridgehead atoms. The van der Waals surface area contributed by atoms with Gasteiger partial charge in [-0.15, -0.1) is 0 Å². The van der Waals surface area contributed by atoms with Gasteiger partial charge in [-0.1, -0.05) is 29.3 Å². The van der Waals surface area contributed by atoms with Crippen molar-refractivity contribution < 1.29 is 14.1 Å². The lowest BCUT2D eigenvalue weighted by atomic mass is 10.1. The van der Waals surface area contributed by atoms with E-state index in [1.807, 2.05) is 12.1 Å². The Bertz CT molecular complexity index is 677. The maximum absolute atomic E-state index is 12.4. The van der Waals surface area contributed by atoms with Gasteiger partial charge in [0.05, 0.1) is 32.3 Å². The Kier molecular flexibility index (Phi) is 6.40. The highest BCUT2D eigenvalue weighted by Gasteiger charge is 2.28. The number of hydrogen-bond donors (Lipinski definition) is 2. The smallest absolute Gasteiger partial charge is 0.224 e. The first kappa shape index (κ1) is 18.3. The van der Waals surface area contributed by atoms with Crippen LogP contribution in [0.4, 0.5) is 0 Å². The number of halogens is 2. The molecule has 0 saturated carbocycles. The van der Waals surface area contributed by atoms with Crippen LogP contribution in [0.5, 0.6) is 0 Å². The fraction of sp³-hybridized carbons (Fsp3) is 0.421. The standard InChI is InChI=1S/C19H22Cl2N2O2/c20-15-6-4-7-16(21)14(15)12-19(24)22-13-17(18-8-5-11-25-18)23-9-2-1-3-10-23/h4-8,11,17H,1-3,9-10,12-13H2,(H,22,24)/p+1/t17-/m1/s1. The van der Waals surface area contributed by atoms with Crippen molar-refractivity contribution in [2.75, 3.05) is 19.6 Å². The number of nitrogens with one attached hydrogen (secondary N) is 2. The SMILES string of the molecule is O=C(Cc1c(Cl)cccc1Cl)NC[C@H](c1ccco1)[NH+]1CCCCC1. The summed E-state index contributed by atoms with van der Waals surface area (Å²) in [5, 5.41) is 4.07. The third kappa shape index (κ3) is 4.78. The number of carbonyl (C=O) groups excluding carboxylic acids is 1. The predicted molar refractivity (Wildman–Crippen MR) is 99.2 cm³/mol. The van der Waals surface area contributed by atoms with E-state index in [0.717, 1.165) is 18.8 Å². The van der Waals surface area contributed by atoms with Gasteiger partial charge >= 0.3 is 0 Å². The second-order valence-electron chi connectivity index (χ2n) is 6.47. The van der Waals surface area contributed by atoms with E-state index in [9.17, 15) is 4.79 Å². The fourth-order valence-corrected chi connectivity index (χ4v) is 3.96. The summed E-state index contributed by atoms with van der Waals surface area (Å²) in [7, 11) is 0. The normalized spacial score (nSPS) is 16.6. The van der Waals surface area contributed by atoms with Crippen LogP contribution in [0.25, 0.3) is 0 Å². The molecular formula is C19H23Cl2N2O2+. The Morgan fingerprint density at radius 2 is 1.84 bits per heavy atom. The largest absolute Gasteiger partial charge is 0.463 e. The van der Waals surface area contributed by atoms with Crippen LogP contribution in [0.3, 0.4) is 0 Å². The van der Waals surface area contributed by atoms with Crippen molar-refractivity contribution in [1.29, 1.82) is 0 Å². The topological polar surface area (TPSA) is 46.7 Å². The molecule has 1 aliphatic heterocycles. The molecular weight excluding hydrogens is 359 g/mol. The zero-order valence-corrected chi connectivity index (χ0v) is 15.6. The molecule has 0 spiro atoms. The molecule has 1 fully saturated rings. The van der Waals surface area contributed by atoms with E-state index in [0.29, 0.717) is 22.2 Å². The van der Waals surface area contributed by atoms with Gasteiger partial charge in [0, 0.05) is 10.0 Å². The number of furan rings is 1. The lowest BCUT2D eigenvalue weighted by Crippen LogP contribution is -3.13. The molecule has 1 saturated heterocycles. The monoisotopic (exact) mass is 381 g/mol. The van der Waals surface area contributed by atoms with Crippen LogP contribution in [0, 0.1) is 0 Å². The molecule has 1 aliphatic rings. The number of piperidine rings is 1. The van der Waals surface area contributed by atoms with Crippen molar-refractivity contribution in [2.24, 2.45) is 0 Å². The maximum Gasteiger partial charge on any atom is 0.224 e. The van der Waals surface area contributed by atoms with Gasteiger partial charge < -0.3 is 14.6 Å². The van der Waals surface area contributed by atoms with E-state index in [2.05, 4.69) is 5.32 Å². The molecule has 0 unspecified atom stereocenters. The molecule has 0 aliphatic carbocycles. The average molecular weight is 382 g/mol. The van der Waals surface area contributed by atoms with E-state index < -0.39 is 0 Å². The molecule has 4 nitrogen and oxygen atoms in total. The second kappa shape index (κ2) is 8.75. The zero-order valence-electron chi connectivity index (χ0n) is 14.1. The third-order valence-corrected chi connectivity index (χ3v) is 5.49. The van der Waals surface area contributed by atoms with Crippen LogP contribution in [0.1, 0.15) is 36.6 Å². The van der Waals surface area contributed by atoms with Crippen LogP contribution >= 0.6 is 23.2 Å². The van der Waals surface area contributed by atoms with E-state index in [1.165, 1.54) is 24.2 Å². The molecule has 0 radical (unpaired) electrons. The molecule has 1 amide bonds. The summed E-state index contributed by atoms with van der Waals surface area (Å²) >= 11 is 12.3. The van der Waals surface area contributed by atoms with Crippen LogP contribution in [0.2, 0.25) is 10.0 Å². The number of rotatable bonds is 6. The first-order valence-corrected chi connectivity index (χ1v) is 9.48. The summed E-state index contributed by atoms with van der Waals surface area (Å²) < 4.78 is 5.62. The molecule has 3 rings (SSSR count). The van der Waals surface area contributed by atoms with Gasteiger partial charge in [-0.05, 0) is 49.1 Å². The Hall–Kier alpha value is -1.49. The van der Waals surface area contributed by atoms with E-state index in [1.54, 1.807) is 24.5 Å². The third-order valence-electron chi connectivity index (χ3n) is 4.78. The summed E-state index contributed by atoms with van der Waals surface area (Å²) in [6.07, 6.45) is 5.59. The highest BCUT2D eigenvalue weighted by molar-refractivity contribution is 6.36. The number of amides is 1. The van der Waals surface area contributed by atoms with Crippen LogP contribution < -0.4 is 10.2 Å². The van der Waals surface area contributed by atoms with Crippen molar-refractivity contribution in [1.82, 2.24) is 5.32 Å². The summed E-state index contributed by atoms with van der Waals surface area (Å²) in [6.45, 7) is 2.76. The second-order valence-corrected chi connectivity index (χ2v) is 7.28. The minimum atomic E-state index is -0.0806. The van der Waals surface area contributed by atoms with E-state index in [4.69, 9.17) is 27.6 Å². The summed E-state index contributed by atoms with van der Waals surface area (Å²) in [6, 6.07) is 9.30. The number of likely N-dealkylation sites (tertiary alicyclic amines) is 1. The fourth-order valence-electron chi connectivity index (χ4n) is 3.43. The first-order valence-electron chi connectivity index (χ1n) is 8.72. The molecule has 6 heteroatoms. The molecule has 1 aromatic carbocycles. The van der Waals surface area contributed by atoms with Gasteiger partial charge in [-0.3, -0.25) is 4.79 Å². The highest BCUT2D eigenvalue weighted by atomic mass is 35.5. The highest BCUT2D eigenvalue weighted by Crippen LogP contribution is 2.24. The van der Waals surface area contributed by atoms with E-state index >= 15 is 0 Å². The number of carbonyl (C=O) groups is 1. The quantitative estimate of drug-likeness (QED) is 0.807. The minimum absolute atomic E-state index is 0.0806. The van der Waals surface area contributed by atoms with Crippen LogP contribution in [-0.2, 0) is 11.2 Å². The van der Waals surface area contributed by atoms with Crippen molar-refractivity contribution in [3.63, 3.8) is 0 Å². The Morgan fingerprint density at radius 1 is 1.12 bits per heavy atom. The van der Waals surface area contributed by atoms with Gasteiger partial charge in [0.25, 0.3) is 0 Å². The zero-order chi connectivity index (χ0) is 17.6. The van der Waals surface area contributed by atoms with Gasteiger partial charge in [0.1, 0.15) is 0 Å². The van der Waals surface area contributed by atoms with Crippen molar-refractivity contribution in [3.8, 4) is 0 Å². The van der Waals surface area contributed by atoms with Gasteiger partial charge in [-0.25, -0.2) is 0 Å². The molecule has 1 atom stereocenters. The van der Waals surface area contributed by atoms with Gasteiger partial charge in [-0.2, -0.15) is 0 Å². The molecule has 2 N–H and O–H groups in total. The van der Waals surface area contributed by atoms with Crippen molar-refractivity contribution in [2.45, 2.75) is 31.7 Å². The molecule has 25 heavy (non-hydrogen) atoms. The van der Waals surface area contributed by atoms with Crippen molar-refractivity contribution in [3.05, 3.63) is 58.0 Å². The lowest BCUT2D eigenvalue weighted by Gasteiger charge is -2.30. The summed E-state index contributed by atoms with van der Waals surface area (Å²) in [5.74, 6) is 0.843. The number of hydrogen-bond acceptors (Lipinski definition) is 2. The lowest BCUT2D eigenvalue weighted by molar-refractivity contribution is -0.936. The number of quaternary nitrogens is 1. The molecule has 134 valence electrons.